The lowest BCUT2D eigenvalue weighted by Gasteiger charge is -2.18. The van der Waals surface area contributed by atoms with Crippen molar-refractivity contribution in [3.05, 3.63) is 65.2 Å². The molecule has 0 bridgehead atoms. The van der Waals surface area contributed by atoms with Gasteiger partial charge in [0.1, 0.15) is 11.5 Å². The minimum atomic E-state index is 0.766. The maximum Gasteiger partial charge on any atom is 0.126 e. The molecule has 0 saturated carbocycles. The Morgan fingerprint density at radius 1 is 0.463 bits per heavy atom. The van der Waals surface area contributed by atoms with Gasteiger partial charge in [-0.05, 0) is 55.0 Å². The van der Waals surface area contributed by atoms with Crippen LogP contribution in [-0.4, -0.2) is 18.1 Å². The molecular weight excluding hydrogens is 677 g/mol. The number of hydrogen-bond acceptors (Lipinski definition) is 3. The Morgan fingerprint density at radius 3 is 1.20 bits per heavy atom. The molecule has 3 heteroatoms. The standard InChI is InChI=1S/C51H84O2S/c1-4-7-10-13-14-15-16-17-18-19-20-21-22-23-24-25-26-27-28-34-39-48-49(52-42-35-29-11-8-5-2)44-46(40-41-51(54)47-37-32-31-33-38-47)45-50(48)53-43-36-30-12-9-6-3/h31-33,37-38,40-41,44-45H,4-30,34-36,39,42-43H2,1-3H3. The number of ether oxygens (including phenoxy) is 2. The predicted octanol–water partition coefficient (Wildman–Crippen LogP) is 17.2. The summed E-state index contributed by atoms with van der Waals surface area (Å²) in [6.07, 6.45) is 45.8. The first-order valence-electron chi connectivity index (χ1n) is 23.4. The van der Waals surface area contributed by atoms with Crippen molar-refractivity contribution in [3.8, 4) is 11.5 Å². The van der Waals surface area contributed by atoms with Gasteiger partial charge in [-0.25, -0.2) is 0 Å². The molecule has 2 nitrogen and oxygen atoms in total. The number of allylic oxidation sites excluding steroid dienone is 1. The Bertz CT molecular complexity index is 1130. The average molecular weight is 761 g/mol. The molecule has 0 aromatic heterocycles. The van der Waals surface area contributed by atoms with Crippen LogP contribution in [0, 0.1) is 0 Å². The fourth-order valence-electron chi connectivity index (χ4n) is 7.44. The molecule has 0 amide bonds. The van der Waals surface area contributed by atoms with Gasteiger partial charge < -0.3 is 9.47 Å². The minimum Gasteiger partial charge on any atom is -0.493 e. The van der Waals surface area contributed by atoms with Gasteiger partial charge in [0, 0.05) is 10.4 Å². The van der Waals surface area contributed by atoms with Gasteiger partial charge in [-0.1, -0.05) is 243 Å². The van der Waals surface area contributed by atoms with E-state index in [1.54, 1.807) is 0 Å². The Hall–Kier alpha value is -2.13. The molecule has 0 saturated heterocycles. The van der Waals surface area contributed by atoms with Gasteiger partial charge in [-0.2, -0.15) is 0 Å². The quantitative estimate of drug-likeness (QED) is 0.0294. The van der Waals surface area contributed by atoms with Crippen LogP contribution in [0.2, 0.25) is 0 Å². The second-order valence-electron chi connectivity index (χ2n) is 16.1. The molecule has 2 aromatic carbocycles. The Kier molecular flexibility index (Phi) is 31.4. The van der Waals surface area contributed by atoms with E-state index in [4.69, 9.17) is 21.7 Å². The third-order valence-corrected chi connectivity index (χ3v) is 11.3. The third-order valence-electron chi connectivity index (χ3n) is 11.0. The number of unbranched alkanes of at least 4 members (excludes halogenated alkanes) is 27. The van der Waals surface area contributed by atoms with Crippen LogP contribution in [0.25, 0.3) is 6.08 Å². The van der Waals surface area contributed by atoms with Gasteiger partial charge in [0.2, 0.25) is 0 Å². The Balaban J connectivity index is 1.83. The maximum absolute atomic E-state index is 6.60. The molecule has 2 rings (SSSR count). The SMILES string of the molecule is CCCCCCCCCCCCCCCCCCCCCCc1c(OCCCCCCC)cc(C=CC(=S)c2ccccc2)cc1OCCCCCCC. The van der Waals surface area contributed by atoms with Crippen LogP contribution in [0.15, 0.2) is 48.5 Å². The third kappa shape index (κ3) is 25.1. The maximum atomic E-state index is 6.60. The molecule has 0 heterocycles. The van der Waals surface area contributed by atoms with Crippen LogP contribution in [0.4, 0.5) is 0 Å². The van der Waals surface area contributed by atoms with Crippen molar-refractivity contribution in [2.45, 2.75) is 220 Å². The van der Waals surface area contributed by atoms with Crippen LogP contribution in [0.1, 0.15) is 230 Å². The second kappa shape index (κ2) is 35.3. The minimum absolute atomic E-state index is 0.766. The zero-order valence-corrected chi connectivity index (χ0v) is 36.6. The summed E-state index contributed by atoms with van der Waals surface area (Å²) in [7, 11) is 0. The highest BCUT2D eigenvalue weighted by Gasteiger charge is 2.14. The summed E-state index contributed by atoms with van der Waals surface area (Å²) >= 11 is 5.77. The van der Waals surface area contributed by atoms with Crippen molar-refractivity contribution >= 4 is 23.2 Å². The van der Waals surface area contributed by atoms with Crippen molar-refractivity contribution in [3.63, 3.8) is 0 Å². The largest absolute Gasteiger partial charge is 0.493 e. The molecule has 0 radical (unpaired) electrons. The molecule has 306 valence electrons. The van der Waals surface area contributed by atoms with Crippen LogP contribution in [0.5, 0.6) is 11.5 Å². The lowest BCUT2D eigenvalue weighted by molar-refractivity contribution is 0.284. The van der Waals surface area contributed by atoms with Crippen LogP contribution in [0.3, 0.4) is 0 Å². The molecule has 0 spiro atoms. The normalized spacial score (nSPS) is 11.5. The van der Waals surface area contributed by atoms with Gasteiger partial charge in [-0.3, -0.25) is 0 Å². The highest BCUT2D eigenvalue weighted by atomic mass is 32.1. The van der Waals surface area contributed by atoms with E-state index >= 15 is 0 Å². The fraction of sp³-hybridized carbons (Fsp3) is 0.706. The molecule has 2 aromatic rings. The van der Waals surface area contributed by atoms with Crippen LogP contribution < -0.4 is 9.47 Å². The molecule has 0 aliphatic carbocycles. The number of rotatable bonds is 38. The lowest BCUT2D eigenvalue weighted by atomic mass is 10.00. The van der Waals surface area contributed by atoms with E-state index < -0.39 is 0 Å². The van der Waals surface area contributed by atoms with Crippen molar-refractivity contribution in [1.82, 2.24) is 0 Å². The zero-order chi connectivity index (χ0) is 38.6. The van der Waals surface area contributed by atoms with Gasteiger partial charge in [0.15, 0.2) is 0 Å². The van der Waals surface area contributed by atoms with E-state index in [9.17, 15) is 0 Å². The summed E-state index contributed by atoms with van der Waals surface area (Å²) < 4.78 is 13.2. The van der Waals surface area contributed by atoms with Crippen molar-refractivity contribution in [1.29, 1.82) is 0 Å². The summed E-state index contributed by atoms with van der Waals surface area (Å²) in [5, 5.41) is 0. The lowest BCUT2D eigenvalue weighted by Crippen LogP contribution is -2.06. The highest BCUT2D eigenvalue weighted by Crippen LogP contribution is 2.34. The van der Waals surface area contributed by atoms with Gasteiger partial charge in [-0.15, -0.1) is 0 Å². The van der Waals surface area contributed by atoms with E-state index in [0.717, 1.165) is 60.0 Å². The zero-order valence-electron chi connectivity index (χ0n) is 35.8. The van der Waals surface area contributed by atoms with Crippen molar-refractivity contribution in [2.24, 2.45) is 0 Å². The summed E-state index contributed by atoms with van der Waals surface area (Å²) in [5.41, 5.74) is 3.44. The number of thiocarbonyl (C=S) groups is 1. The highest BCUT2D eigenvalue weighted by molar-refractivity contribution is 7.81. The summed E-state index contributed by atoms with van der Waals surface area (Å²) in [6, 6.07) is 14.8. The van der Waals surface area contributed by atoms with Crippen LogP contribution >= 0.6 is 12.2 Å². The van der Waals surface area contributed by atoms with Gasteiger partial charge >= 0.3 is 0 Å². The predicted molar refractivity (Wildman–Crippen MR) is 244 cm³/mol. The van der Waals surface area contributed by atoms with E-state index in [1.165, 1.54) is 185 Å². The smallest absolute Gasteiger partial charge is 0.126 e. The van der Waals surface area contributed by atoms with Gasteiger partial charge in [0.25, 0.3) is 0 Å². The fourth-order valence-corrected chi connectivity index (χ4v) is 7.65. The summed E-state index contributed by atoms with van der Waals surface area (Å²) in [4.78, 5) is 0.848. The molecule has 0 atom stereocenters. The van der Waals surface area contributed by atoms with Gasteiger partial charge in [0.05, 0.1) is 13.2 Å². The van der Waals surface area contributed by atoms with Crippen molar-refractivity contribution in [2.75, 3.05) is 13.2 Å². The topological polar surface area (TPSA) is 18.5 Å². The number of benzene rings is 2. The molecule has 0 aliphatic rings. The first kappa shape index (κ1) is 48.0. The first-order chi connectivity index (χ1) is 26.7. The molecule has 0 unspecified atom stereocenters. The second-order valence-corrected chi connectivity index (χ2v) is 16.5. The molecular formula is C51H84O2S. The number of hydrogen-bond donors (Lipinski definition) is 0. The van der Waals surface area contributed by atoms with Crippen molar-refractivity contribution < 1.29 is 9.47 Å². The van der Waals surface area contributed by atoms with Crippen LogP contribution in [-0.2, 0) is 6.42 Å². The van der Waals surface area contributed by atoms with E-state index in [1.807, 2.05) is 18.2 Å². The average Bonchev–Trinajstić information content (AvgIpc) is 3.19. The van der Waals surface area contributed by atoms with E-state index in [0.29, 0.717) is 0 Å². The Labute approximate surface area is 341 Å². The molecule has 0 fully saturated rings. The molecule has 54 heavy (non-hydrogen) atoms. The molecule has 0 aliphatic heterocycles. The monoisotopic (exact) mass is 761 g/mol. The summed E-state index contributed by atoms with van der Waals surface area (Å²) in [5.74, 6) is 2.02. The molecule has 0 N–H and O–H groups in total. The van der Waals surface area contributed by atoms with E-state index in [2.05, 4.69) is 57.2 Å². The van der Waals surface area contributed by atoms with E-state index in [-0.39, 0.29) is 0 Å². The Morgan fingerprint density at radius 2 is 0.815 bits per heavy atom. The summed E-state index contributed by atoms with van der Waals surface area (Å²) in [6.45, 7) is 8.39. The first-order valence-corrected chi connectivity index (χ1v) is 23.8.